The Morgan fingerprint density at radius 3 is 2.79 bits per heavy atom. The molecule has 2 rings (SSSR count). The minimum atomic E-state index is -2.53. The van der Waals surface area contributed by atoms with Gasteiger partial charge < -0.3 is 10.2 Å². The molecule has 0 saturated carbocycles. The Labute approximate surface area is 79.6 Å². The lowest BCUT2D eigenvalue weighted by molar-refractivity contribution is -0.643. The molecule has 1 aromatic carbocycles. The molecule has 0 bridgehead atoms. The van der Waals surface area contributed by atoms with Crippen molar-refractivity contribution in [3.63, 3.8) is 0 Å². The molecule has 0 unspecified atom stereocenters. The SMILES string of the molecule is O=S(=O)=c1n[n+]([O-])c2ccccc2[nH]1. The second kappa shape index (κ2) is 3.11. The van der Waals surface area contributed by atoms with Gasteiger partial charge in [-0.15, -0.1) is 0 Å². The zero-order chi connectivity index (χ0) is 10.1. The van der Waals surface area contributed by atoms with E-state index in [2.05, 4.69) is 10.1 Å². The second-order valence-electron chi connectivity index (χ2n) is 2.55. The van der Waals surface area contributed by atoms with Gasteiger partial charge in [-0.3, -0.25) is 0 Å². The Morgan fingerprint density at radius 2 is 2.07 bits per heavy atom. The highest BCUT2D eigenvalue weighted by molar-refractivity contribution is 7.63. The van der Waals surface area contributed by atoms with Crippen molar-refractivity contribution in [3.8, 4) is 0 Å². The zero-order valence-corrected chi connectivity index (χ0v) is 7.65. The number of hydrogen-bond acceptors (Lipinski definition) is 4. The molecule has 0 fully saturated rings. The molecule has 1 N–H and O–H groups in total. The topological polar surface area (TPSA) is 89.8 Å². The van der Waals surface area contributed by atoms with Crippen LogP contribution in [-0.2, 0) is 10.3 Å². The smallest absolute Gasteiger partial charge is 0.320 e. The standard InChI is InChI=1S/C7H5N3O3S/c11-10-6-4-2-1-3-5(6)8-7(9-10)14(12)13/h1-4,8H. The number of rotatable bonds is 0. The van der Waals surface area contributed by atoms with Crippen molar-refractivity contribution in [2.24, 2.45) is 0 Å². The van der Waals surface area contributed by atoms with Crippen LogP contribution in [-0.4, -0.2) is 18.5 Å². The Kier molecular flexibility index (Phi) is 1.93. The number of aromatic nitrogens is 3. The number of nitrogens with one attached hydrogen (secondary N) is 1. The van der Waals surface area contributed by atoms with Gasteiger partial charge in [-0.05, 0) is 10.9 Å². The first-order valence-corrected chi connectivity index (χ1v) is 4.77. The van der Waals surface area contributed by atoms with Crippen LogP contribution >= 0.6 is 0 Å². The average molecular weight is 211 g/mol. The summed E-state index contributed by atoms with van der Waals surface area (Å²) in [7, 11) is -2.53. The largest absolute Gasteiger partial charge is 0.594 e. The van der Waals surface area contributed by atoms with Gasteiger partial charge in [0.2, 0.25) is 0 Å². The van der Waals surface area contributed by atoms with E-state index in [0.717, 1.165) is 0 Å². The van der Waals surface area contributed by atoms with E-state index in [-0.39, 0.29) is 9.62 Å². The Morgan fingerprint density at radius 1 is 1.36 bits per heavy atom. The molecule has 1 heterocycles. The molecule has 0 spiro atoms. The Hall–Kier alpha value is -1.89. The predicted molar refractivity (Wildman–Crippen MR) is 47.2 cm³/mol. The summed E-state index contributed by atoms with van der Waals surface area (Å²) in [6.07, 6.45) is 0. The highest BCUT2D eigenvalue weighted by atomic mass is 32.2. The van der Waals surface area contributed by atoms with Gasteiger partial charge in [0, 0.05) is 11.2 Å². The van der Waals surface area contributed by atoms with Crippen molar-refractivity contribution in [1.82, 2.24) is 10.1 Å². The van der Waals surface area contributed by atoms with Crippen LogP contribution in [0.5, 0.6) is 0 Å². The fourth-order valence-corrected chi connectivity index (χ4v) is 1.43. The molecule has 0 atom stereocenters. The highest BCUT2D eigenvalue weighted by Gasteiger charge is 2.04. The minimum Gasteiger partial charge on any atom is -0.594 e. The van der Waals surface area contributed by atoms with Crippen molar-refractivity contribution >= 4 is 21.3 Å². The summed E-state index contributed by atoms with van der Waals surface area (Å²) in [5.41, 5.74) is 0.721. The normalized spacial score (nSPS) is 10.3. The summed E-state index contributed by atoms with van der Waals surface area (Å²) in [4.78, 5) is 2.80. The number of aromatic amines is 1. The third-order valence-electron chi connectivity index (χ3n) is 1.69. The van der Waals surface area contributed by atoms with E-state index in [9.17, 15) is 13.6 Å². The van der Waals surface area contributed by atoms with E-state index < -0.39 is 10.3 Å². The van der Waals surface area contributed by atoms with E-state index in [1.807, 2.05) is 0 Å². The van der Waals surface area contributed by atoms with Crippen molar-refractivity contribution in [2.75, 3.05) is 0 Å². The number of para-hydroxylation sites is 2. The summed E-state index contributed by atoms with van der Waals surface area (Å²) >= 11 is 0. The van der Waals surface area contributed by atoms with Gasteiger partial charge in [-0.1, -0.05) is 12.1 Å². The second-order valence-corrected chi connectivity index (χ2v) is 3.41. The third-order valence-corrected chi connectivity index (χ3v) is 2.19. The lowest BCUT2D eigenvalue weighted by Gasteiger charge is -1.96. The van der Waals surface area contributed by atoms with Crippen LogP contribution in [0.25, 0.3) is 11.0 Å². The van der Waals surface area contributed by atoms with Crippen LogP contribution in [0.3, 0.4) is 0 Å². The number of fused-ring (bicyclic) bond motifs is 1. The molecule has 0 saturated heterocycles. The van der Waals surface area contributed by atoms with Crippen molar-refractivity contribution in [3.05, 3.63) is 34.2 Å². The van der Waals surface area contributed by atoms with Crippen LogP contribution in [0.2, 0.25) is 0 Å². The molecule has 0 aliphatic heterocycles. The van der Waals surface area contributed by atoms with Gasteiger partial charge in [-0.25, -0.2) is 0 Å². The van der Waals surface area contributed by atoms with Crippen LogP contribution in [0.15, 0.2) is 24.3 Å². The summed E-state index contributed by atoms with van der Waals surface area (Å²) in [5.74, 6) is 0. The molecule has 1 aromatic heterocycles. The average Bonchev–Trinajstić information content (AvgIpc) is 2.17. The molecular formula is C7H5N3O3S. The molecule has 14 heavy (non-hydrogen) atoms. The maximum Gasteiger partial charge on any atom is 0.320 e. The van der Waals surface area contributed by atoms with Gasteiger partial charge in [0.15, 0.2) is 0 Å². The molecule has 7 heteroatoms. The first kappa shape index (κ1) is 8.70. The maximum atomic E-state index is 11.2. The highest BCUT2D eigenvalue weighted by Crippen LogP contribution is 2.02. The monoisotopic (exact) mass is 211 g/mol. The molecule has 2 aromatic rings. The number of nitrogens with zero attached hydrogens (tertiary/aromatic N) is 2. The first-order chi connectivity index (χ1) is 6.68. The molecule has 72 valence electrons. The molecular weight excluding hydrogens is 206 g/mol. The van der Waals surface area contributed by atoms with Gasteiger partial charge in [0.05, 0.1) is 0 Å². The fourth-order valence-electron chi connectivity index (χ4n) is 1.10. The summed E-state index contributed by atoms with van der Waals surface area (Å²) in [6.45, 7) is 0. The van der Waals surface area contributed by atoms with E-state index in [4.69, 9.17) is 0 Å². The Balaban J connectivity index is 3.09. The maximum absolute atomic E-state index is 11.2. The number of benzene rings is 1. The van der Waals surface area contributed by atoms with E-state index in [0.29, 0.717) is 11.0 Å². The van der Waals surface area contributed by atoms with Crippen LogP contribution in [0.4, 0.5) is 0 Å². The number of H-pyrrole nitrogens is 1. The zero-order valence-electron chi connectivity index (χ0n) is 6.84. The molecule has 0 radical (unpaired) electrons. The summed E-state index contributed by atoms with van der Waals surface area (Å²) in [5, 5.41) is 14.5. The van der Waals surface area contributed by atoms with Gasteiger partial charge in [-0.2, -0.15) is 8.42 Å². The summed E-state index contributed by atoms with van der Waals surface area (Å²) < 4.78 is 20.7. The summed E-state index contributed by atoms with van der Waals surface area (Å²) in [6, 6.07) is 6.50. The van der Waals surface area contributed by atoms with Crippen molar-refractivity contribution < 1.29 is 13.3 Å². The fraction of sp³-hybridized carbons (Fsp3) is 0. The van der Waals surface area contributed by atoms with Crippen LogP contribution in [0.1, 0.15) is 0 Å². The van der Waals surface area contributed by atoms with Crippen LogP contribution < -0.4 is 4.85 Å². The van der Waals surface area contributed by atoms with Gasteiger partial charge in [0.25, 0.3) is 15.8 Å². The van der Waals surface area contributed by atoms with Crippen molar-refractivity contribution in [1.29, 1.82) is 0 Å². The van der Waals surface area contributed by atoms with E-state index >= 15 is 0 Å². The Bertz CT molecular complexity index is 651. The molecule has 0 amide bonds. The quantitative estimate of drug-likeness (QED) is 0.365. The van der Waals surface area contributed by atoms with E-state index in [1.54, 1.807) is 24.3 Å². The van der Waals surface area contributed by atoms with Gasteiger partial charge in [0.1, 0.15) is 5.52 Å². The number of hydrogen-bond donors (Lipinski definition) is 1. The first-order valence-electron chi connectivity index (χ1n) is 3.69. The van der Waals surface area contributed by atoms with E-state index in [1.165, 1.54) is 0 Å². The third kappa shape index (κ3) is 1.33. The minimum absolute atomic E-state index is 0.275. The van der Waals surface area contributed by atoms with Crippen molar-refractivity contribution in [2.45, 2.75) is 0 Å². The van der Waals surface area contributed by atoms with Gasteiger partial charge >= 0.3 is 4.77 Å². The molecule has 0 aliphatic rings. The lowest BCUT2D eigenvalue weighted by atomic mass is 10.3. The molecule has 0 aliphatic carbocycles. The lowest BCUT2D eigenvalue weighted by Crippen LogP contribution is -2.32. The predicted octanol–water partition coefficient (Wildman–Crippen LogP) is -0.393. The molecule has 6 nitrogen and oxygen atoms in total. The van der Waals surface area contributed by atoms with Crippen LogP contribution in [0, 0.1) is 9.98 Å².